The second-order valence-electron chi connectivity index (χ2n) is 9.32. The van der Waals surface area contributed by atoms with Crippen LogP contribution in [0.1, 0.15) is 23.7 Å². The summed E-state index contributed by atoms with van der Waals surface area (Å²) in [7, 11) is 1.72. The van der Waals surface area contributed by atoms with Gasteiger partial charge in [0.25, 0.3) is 5.91 Å². The van der Waals surface area contributed by atoms with Gasteiger partial charge in [-0.3, -0.25) is 9.69 Å². The molecule has 2 aliphatic rings. The van der Waals surface area contributed by atoms with E-state index in [-0.39, 0.29) is 5.91 Å². The predicted molar refractivity (Wildman–Crippen MR) is 142 cm³/mol. The SMILES string of the molecule is CCCN1CCN(C(=O)c2cnc(N3CCN(c4ccccc4OC)CC3)c3ccccc23)CC1. The highest BCUT2D eigenvalue weighted by Gasteiger charge is 2.26. The van der Waals surface area contributed by atoms with E-state index in [0.29, 0.717) is 5.56 Å². The normalized spacial score (nSPS) is 17.1. The Morgan fingerprint density at radius 3 is 2.23 bits per heavy atom. The summed E-state index contributed by atoms with van der Waals surface area (Å²) >= 11 is 0. The van der Waals surface area contributed by atoms with Crippen molar-refractivity contribution in [3.8, 4) is 5.75 Å². The van der Waals surface area contributed by atoms with Crippen molar-refractivity contribution in [2.75, 3.05) is 75.8 Å². The summed E-state index contributed by atoms with van der Waals surface area (Å²) in [6.45, 7) is 10.3. The standard InChI is InChI=1S/C28H35N5O2/c1-3-12-30-13-15-33(16-14-30)28(34)24-21-29-27(23-9-5-4-8-22(23)24)32-19-17-31(18-20-32)25-10-6-7-11-26(25)35-2/h4-11,21H,3,12-20H2,1-2H3. The number of para-hydroxylation sites is 2. The van der Waals surface area contributed by atoms with Crippen LogP contribution in [-0.4, -0.2) is 86.7 Å². The van der Waals surface area contributed by atoms with Crippen molar-refractivity contribution >= 4 is 28.2 Å². The fourth-order valence-electron chi connectivity index (χ4n) is 5.31. The minimum atomic E-state index is 0.0948. The Morgan fingerprint density at radius 1 is 0.857 bits per heavy atom. The zero-order valence-corrected chi connectivity index (χ0v) is 20.8. The van der Waals surface area contributed by atoms with E-state index in [1.54, 1.807) is 13.3 Å². The Hall–Kier alpha value is -3.32. The van der Waals surface area contributed by atoms with Gasteiger partial charge in [-0.15, -0.1) is 0 Å². The van der Waals surface area contributed by atoms with Crippen LogP contribution in [0.3, 0.4) is 0 Å². The van der Waals surface area contributed by atoms with Crippen molar-refractivity contribution in [3.05, 3.63) is 60.3 Å². The minimum absolute atomic E-state index is 0.0948. The summed E-state index contributed by atoms with van der Waals surface area (Å²) in [5.74, 6) is 1.96. The third-order valence-corrected chi connectivity index (χ3v) is 7.21. The second-order valence-corrected chi connectivity index (χ2v) is 9.32. The summed E-state index contributed by atoms with van der Waals surface area (Å²) < 4.78 is 5.57. The molecular formula is C28H35N5O2. The van der Waals surface area contributed by atoms with Crippen molar-refractivity contribution in [1.29, 1.82) is 0 Å². The number of amides is 1. The lowest BCUT2D eigenvalue weighted by Crippen LogP contribution is -2.49. The number of fused-ring (bicyclic) bond motifs is 1. The third-order valence-electron chi connectivity index (χ3n) is 7.21. The Kier molecular flexibility index (Phi) is 7.04. The topological polar surface area (TPSA) is 52.2 Å². The molecule has 0 unspecified atom stereocenters. The molecule has 35 heavy (non-hydrogen) atoms. The zero-order valence-electron chi connectivity index (χ0n) is 20.8. The highest BCUT2D eigenvalue weighted by Crippen LogP contribution is 2.32. The molecule has 0 aliphatic carbocycles. The van der Waals surface area contributed by atoms with Crippen molar-refractivity contribution in [2.24, 2.45) is 0 Å². The first-order valence-corrected chi connectivity index (χ1v) is 12.7. The number of benzene rings is 2. The fourth-order valence-corrected chi connectivity index (χ4v) is 5.31. The maximum atomic E-state index is 13.5. The molecule has 0 radical (unpaired) electrons. The number of anilines is 2. The monoisotopic (exact) mass is 473 g/mol. The lowest BCUT2D eigenvalue weighted by molar-refractivity contribution is 0.0639. The Bertz CT molecular complexity index is 1170. The van der Waals surface area contributed by atoms with Crippen LogP contribution < -0.4 is 14.5 Å². The maximum Gasteiger partial charge on any atom is 0.256 e. The summed E-state index contributed by atoms with van der Waals surface area (Å²) in [5, 5.41) is 2.04. The molecule has 3 aromatic rings. The molecule has 2 aromatic carbocycles. The molecule has 7 nitrogen and oxygen atoms in total. The molecule has 7 heteroatoms. The number of pyridine rings is 1. The van der Waals surface area contributed by atoms with Gasteiger partial charge in [-0.05, 0) is 30.5 Å². The van der Waals surface area contributed by atoms with Crippen LogP contribution in [0.25, 0.3) is 10.8 Å². The van der Waals surface area contributed by atoms with Crippen molar-refractivity contribution in [1.82, 2.24) is 14.8 Å². The number of hydrogen-bond acceptors (Lipinski definition) is 6. The highest BCUT2D eigenvalue weighted by atomic mass is 16.5. The molecule has 0 bridgehead atoms. The van der Waals surface area contributed by atoms with Crippen LogP contribution in [0.2, 0.25) is 0 Å². The number of nitrogens with zero attached hydrogens (tertiary/aromatic N) is 5. The van der Waals surface area contributed by atoms with Gasteiger partial charge in [0.1, 0.15) is 11.6 Å². The lowest BCUT2D eigenvalue weighted by atomic mass is 10.0. The van der Waals surface area contributed by atoms with Gasteiger partial charge in [0.05, 0.1) is 18.4 Å². The van der Waals surface area contributed by atoms with Crippen molar-refractivity contribution < 1.29 is 9.53 Å². The second kappa shape index (κ2) is 10.5. The van der Waals surface area contributed by atoms with E-state index in [2.05, 4.69) is 45.9 Å². The summed E-state index contributed by atoms with van der Waals surface area (Å²) in [6.07, 6.45) is 2.95. The van der Waals surface area contributed by atoms with Crippen LogP contribution in [0.4, 0.5) is 11.5 Å². The molecule has 0 atom stereocenters. The number of hydrogen-bond donors (Lipinski definition) is 0. The molecule has 0 saturated carbocycles. The van der Waals surface area contributed by atoms with E-state index in [1.807, 2.05) is 29.2 Å². The number of piperazine rings is 2. The molecule has 2 fully saturated rings. The molecule has 1 amide bonds. The van der Waals surface area contributed by atoms with E-state index in [1.165, 1.54) is 0 Å². The lowest BCUT2D eigenvalue weighted by Gasteiger charge is -2.38. The minimum Gasteiger partial charge on any atom is -0.495 e. The predicted octanol–water partition coefficient (Wildman–Crippen LogP) is 3.74. The molecule has 3 heterocycles. The number of carbonyl (C=O) groups excluding carboxylic acids is 1. The first-order valence-electron chi connectivity index (χ1n) is 12.7. The highest BCUT2D eigenvalue weighted by molar-refractivity contribution is 6.09. The van der Waals surface area contributed by atoms with Crippen LogP contribution >= 0.6 is 0 Å². The number of carbonyl (C=O) groups is 1. The van der Waals surface area contributed by atoms with Gasteiger partial charge in [0.15, 0.2) is 0 Å². The summed E-state index contributed by atoms with van der Waals surface area (Å²) in [4.78, 5) is 27.4. The molecular weight excluding hydrogens is 438 g/mol. The molecule has 2 saturated heterocycles. The van der Waals surface area contributed by atoms with Crippen LogP contribution in [0.15, 0.2) is 54.7 Å². The van der Waals surface area contributed by atoms with E-state index in [0.717, 1.165) is 93.4 Å². The van der Waals surface area contributed by atoms with Crippen LogP contribution in [-0.2, 0) is 0 Å². The number of ether oxygens (including phenoxy) is 1. The Balaban J connectivity index is 1.34. The van der Waals surface area contributed by atoms with Gasteiger partial charge < -0.3 is 19.4 Å². The van der Waals surface area contributed by atoms with E-state index in [4.69, 9.17) is 9.72 Å². The van der Waals surface area contributed by atoms with Gasteiger partial charge in [0, 0.05) is 63.9 Å². The number of rotatable bonds is 6. The first kappa shape index (κ1) is 23.4. The number of methoxy groups -OCH3 is 1. The van der Waals surface area contributed by atoms with Gasteiger partial charge >= 0.3 is 0 Å². The molecule has 5 rings (SSSR count). The maximum absolute atomic E-state index is 13.5. The smallest absolute Gasteiger partial charge is 0.256 e. The average molecular weight is 474 g/mol. The van der Waals surface area contributed by atoms with Gasteiger partial charge in [-0.1, -0.05) is 43.3 Å². The third kappa shape index (κ3) is 4.78. The van der Waals surface area contributed by atoms with E-state index < -0.39 is 0 Å². The molecule has 184 valence electrons. The summed E-state index contributed by atoms with van der Waals surface area (Å²) in [6, 6.07) is 16.4. The zero-order chi connectivity index (χ0) is 24.2. The molecule has 0 spiro atoms. The fraction of sp³-hybridized carbons (Fsp3) is 0.429. The van der Waals surface area contributed by atoms with Crippen LogP contribution in [0, 0.1) is 0 Å². The molecule has 2 aliphatic heterocycles. The quantitative estimate of drug-likeness (QED) is 0.544. The van der Waals surface area contributed by atoms with Gasteiger partial charge in [-0.25, -0.2) is 4.98 Å². The Morgan fingerprint density at radius 2 is 1.51 bits per heavy atom. The van der Waals surface area contributed by atoms with E-state index in [9.17, 15) is 4.79 Å². The largest absolute Gasteiger partial charge is 0.495 e. The Labute approximate surface area is 207 Å². The molecule has 0 N–H and O–H groups in total. The molecule has 1 aromatic heterocycles. The number of aromatic nitrogens is 1. The first-order chi connectivity index (χ1) is 17.2. The van der Waals surface area contributed by atoms with Crippen molar-refractivity contribution in [2.45, 2.75) is 13.3 Å². The average Bonchev–Trinajstić information content (AvgIpc) is 2.93. The summed E-state index contributed by atoms with van der Waals surface area (Å²) in [5.41, 5.74) is 1.84. The van der Waals surface area contributed by atoms with Crippen LogP contribution in [0.5, 0.6) is 5.75 Å². The van der Waals surface area contributed by atoms with E-state index >= 15 is 0 Å². The van der Waals surface area contributed by atoms with Gasteiger partial charge in [0.2, 0.25) is 0 Å². The van der Waals surface area contributed by atoms with Crippen molar-refractivity contribution in [3.63, 3.8) is 0 Å². The van der Waals surface area contributed by atoms with Gasteiger partial charge in [-0.2, -0.15) is 0 Å².